The van der Waals surface area contributed by atoms with Crippen molar-refractivity contribution >= 4 is 34.4 Å². The zero-order valence-electron chi connectivity index (χ0n) is 17.7. The molecule has 2 heterocycles. The molecule has 0 amide bonds. The van der Waals surface area contributed by atoms with Crippen molar-refractivity contribution in [2.24, 2.45) is 0 Å². The molecule has 0 aromatic heterocycles. The van der Waals surface area contributed by atoms with E-state index in [0.29, 0.717) is 17.9 Å². The van der Waals surface area contributed by atoms with E-state index in [1.165, 1.54) is 0 Å². The van der Waals surface area contributed by atoms with Crippen molar-refractivity contribution in [1.82, 2.24) is 0 Å². The number of anilines is 3. The Morgan fingerprint density at radius 2 is 1.34 bits per heavy atom. The molecule has 0 N–H and O–H groups in total. The molecule has 0 fully saturated rings. The van der Waals surface area contributed by atoms with E-state index in [4.69, 9.17) is 0 Å². The van der Waals surface area contributed by atoms with Gasteiger partial charge in [-0.1, -0.05) is 67.9 Å². The molecule has 0 spiro atoms. The van der Waals surface area contributed by atoms with Crippen LogP contribution in [0.3, 0.4) is 0 Å². The normalized spacial score (nSPS) is 20.4. The van der Waals surface area contributed by atoms with E-state index in [1.807, 2.05) is 97.2 Å². The van der Waals surface area contributed by atoms with Gasteiger partial charge < -0.3 is 9.76 Å². The fourth-order valence-electron chi connectivity index (χ4n) is 4.18. The summed E-state index contributed by atoms with van der Waals surface area (Å²) in [5.41, 5.74) is 3.17. The molecular weight excluding hydrogens is 420 g/mol. The van der Waals surface area contributed by atoms with Crippen LogP contribution in [0.5, 0.6) is 0 Å². The predicted octanol–water partition coefficient (Wildman–Crippen LogP) is 4.99. The maximum Gasteiger partial charge on any atom is 0.357 e. The highest BCUT2D eigenvalue weighted by Gasteiger charge is 2.54. The Labute approximate surface area is 191 Å². The Kier molecular flexibility index (Phi) is 5.51. The Bertz CT molecular complexity index is 1140. The van der Waals surface area contributed by atoms with Crippen molar-refractivity contribution < 1.29 is 9.29 Å². The van der Waals surface area contributed by atoms with Crippen LogP contribution in [0.1, 0.15) is 19.8 Å². The van der Waals surface area contributed by atoms with Gasteiger partial charge in [0.1, 0.15) is 0 Å². The van der Waals surface area contributed by atoms with Gasteiger partial charge >= 0.3 is 5.84 Å². The molecule has 2 aliphatic rings. The zero-order valence-corrected chi connectivity index (χ0v) is 18.6. The highest BCUT2D eigenvalue weighted by molar-refractivity contribution is 7.95. The minimum absolute atomic E-state index is 0.406. The molecule has 0 saturated carbocycles. The number of rotatable bonds is 5. The van der Waals surface area contributed by atoms with Gasteiger partial charge in [0.25, 0.3) is 11.5 Å². The summed E-state index contributed by atoms with van der Waals surface area (Å²) in [5.74, 6) is 0.406. The molecule has 162 valence electrons. The van der Waals surface area contributed by atoms with E-state index in [2.05, 4.69) is 11.8 Å². The molecule has 0 aliphatic carbocycles. The minimum atomic E-state index is -1.65. The Morgan fingerprint density at radius 3 is 1.91 bits per heavy atom. The molecule has 0 radical (unpaired) electrons. The largest absolute Gasteiger partial charge is 0.713 e. The molecule has 3 aromatic rings. The monoisotopic (exact) mass is 444 g/mol. The summed E-state index contributed by atoms with van der Waals surface area (Å²) in [7, 11) is 0. The van der Waals surface area contributed by atoms with E-state index >= 15 is 0 Å². The Morgan fingerprint density at radius 1 is 0.812 bits per heavy atom. The third-order valence-electron chi connectivity index (χ3n) is 5.61. The molecule has 2 unspecified atom stereocenters. The van der Waals surface area contributed by atoms with Crippen molar-refractivity contribution in [2.45, 2.75) is 25.9 Å². The molecule has 0 saturated heterocycles. The average Bonchev–Trinajstić information content (AvgIpc) is 3.12. The molecule has 7 heteroatoms. The first-order valence-electron chi connectivity index (χ1n) is 10.7. The van der Waals surface area contributed by atoms with Crippen molar-refractivity contribution in [3.63, 3.8) is 0 Å². The number of nitrogens with zero attached hydrogens (tertiary/aromatic N) is 4. The number of fused-ring (bicyclic) bond motifs is 1. The van der Waals surface area contributed by atoms with E-state index in [9.17, 15) is 9.76 Å². The maximum absolute atomic E-state index is 13.8. The quantitative estimate of drug-likeness (QED) is 0.315. The van der Waals surface area contributed by atoms with Gasteiger partial charge in [-0.3, -0.25) is 4.90 Å². The first-order valence-corrected chi connectivity index (χ1v) is 11.8. The van der Waals surface area contributed by atoms with Crippen molar-refractivity contribution in [1.29, 1.82) is 0 Å². The fraction of sp³-hybridized carbons (Fsp3) is 0.160. The number of hydroxylamine groups is 1. The van der Waals surface area contributed by atoms with Gasteiger partial charge in [-0.25, -0.2) is 4.74 Å². The summed E-state index contributed by atoms with van der Waals surface area (Å²) >= 11 is -1.65. The summed E-state index contributed by atoms with van der Waals surface area (Å²) in [6, 6.07) is 29.0. The Balaban J connectivity index is 1.73. The molecule has 32 heavy (non-hydrogen) atoms. The van der Waals surface area contributed by atoms with E-state index in [1.54, 1.807) is 8.61 Å². The van der Waals surface area contributed by atoms with Gasteiger partial charge in [0, 0.05) is 12.1 Å². The van der Waals surface area contributed by atoms with Crippen LogP contribution < -0.4 is 13.5 Å². The van der Waals surface area contributed by atoms with Crippen LogP contribution in [-0.4, -0.2) is 21.3 Å². The second kappa shape index (κ2) is 8.61. The van der Waals surface area contributed by atoms with Crippen LogP contribution >= 0.6 is 0 Å². The predicted molar refractivity (Wildman–Crippen MR) is 130 cm³/mol. The molecular formula is C25H24N4O2S. The van der Waals surface area contributed by atoms with Gasteiger partial charge in [-0.2, -0.15) is 0 Å². The lowest BCUT2D eigenvalue weighted by atomic mass is 10.2. The van der Waals surface area contributed by atoms with Crippen molar-refractivity contribution in [3.8, 4) is 0 Å². The number of hydrogen-bond donors (Lipinski definition) is 0. The summed E-state index contributed by atoms with van der Waals surface area (Å²) in [6.07, 6.45) is 2.96. The second-order valence-corrected chi connectivity index (χ2v) is 8.88. The minimum Gasteiger partial charge on any atom is -0.713 e. The van der Waals surface area contributed by atoms with Crippen molar-refractivity contribution in [2.75, 3.05) is 13.5 Å². The first-order chi connectivity index (χ1) is 15.7. The molecule has 6 nitrogen and oxygen atoms in total. The van der Waals surface area contributed by atoms with Gasteiger partial charge in [0.2, 0.25) is 0 Å². The smallest absolute Gasteiger partial charge is 0.357 e. The zero-order chi connectivity index (χ0) is 22.1. The van der Waals surface area contributed by atoms with Gasteiger partial charge in [-0.15, -0.1) is 4.31 Å². The van der Waals surface area contributed by atoms with E-state index < -0.39 is 17.7 Å². The highest BCUT2D eigenvalue weighted by atomic mass is 32.2. The molecule has 2 aliphatic heterocycles. The highest BCUT2D eigenvalue weighted by Crippen LogP contribution is 2.39. The Hall–Kier alpha value is -3.42. The molecule has 0 bridgehead atoms. The lowest BCUT2D eigenvalue weighted by Crippen LogP contribution is -2.51. The average molecular weight is 445 g/mol. The SMILES string of the molecule is CCCC1N(c2ccccc2)C2=CN(c3ccccc3)[S+]([O-])N(c3ccccc3)C2=[N+]1[O-]. The van der Waals surface area contributed by atoms with E-state index in [0.717, 1.165) is 28.2 Å². The van der Waals surface area contributed by atoms with Crippen LogP contribution in [0.15, 0.2) is 103 Å². The number of benzene rings is 3. The van der Waals surface area contributed by atoms with E-state index in [-0.39, 0.29) is 0 Å². The van der Waals surface area contributed by atoms with Gasteiger partial charge in [-0.05, 0) is 40.7 Å². The van der Waals surface area contributed by atoms with Crippen LogP contribution in [-0.2, 0) is 11.5 Å². The summed E-state index contributed by atoms with van der Waals surface area (Å²) < 4.78 is 18.2. The summed E-state index contributed by atoms with van der Waals surface area (Å²) in [5, 5.41) is 13.7. The fourth-order valence-corrected chi connectivity index (χ4v) is 5.47. The third-order valence-corrected chi connectivity index (χ3v) is 6.95. The summed E-state index contributed by atoms with van der Waals surface area (Å²) in [6.45, 7) is 2.07. The molecule has 5 rings (SSSR count). The standard InChI is InChI=1S/C25H24N4O2S/c1-2-12-24-27(21-15-8-4-9-16-21)23-19-26(20-13-6-3-7-14-20)32(31)29(25(23)28(24)30)22-17-10-5-11-18-22/h3-11,13-19,24H,2,12H2,1H3. The topological polar surface area (TPSA) is 58.8 Å². The van der Waals surface area contributed by atoms with Crippen LogP contribution in [0.2, 0.25) is 0 Å². The first kappa shape index (κ1) is 20.5. The molecule has 2 atom stereocenters. The lowest BCUT2D eigenvalue weighted by molar-refractivity contribution is -0.492. The van der Waals surface area contributed by atoms with Gasteiger partial charge in [0.05, 0.1) is 11.9 Å². The third kappa shape index (κ3) is 3.39. The molecule has 3 aromatic carbocycles. The summed E-state index contributed by atoms with van der Waals surface area (Å²) in [4.78, 5) is 2.06. The number of amidine groups is 1. The lowest BCUT2D eigenvalue weighted by Gasteiger charge is -2.31. The van der Waals surface area contributed by atoms with Crippen molar-refractivity contribution in [3.05, 3.63) is 108 Å². The van der Waals surface area contributed by atoms with Crippen LogP contribution in [0, 0.1) is 5.21 Å². The number of para-hydroxylation sites is 3. The second-order valence-electron chi connectivity index (χ2n) is 7.66. The van der Waals surface area contributed by atoms with Crippen LogP contribution in [0.25, 0.3) is 0 Å². The maximum atomic E-state index is 13.8. The van der Waals surface area contributed by atoms with Gasteiger partial charge in [0.15, 0.2) is 17.6 Å². The number of hydrogen-bond acceptors (Lipinski definition) is 5. The van der Waals surface area contributed by atoms with Crippen LogP contribution in [0.4, 0.5) is 17.1 Å².